The Morgan fingerprint density at radius 1 is 1.08 bits per heavy atom. The number of phosphoric ester groups is 3. The molecule has 1 fully saturated rings. The maximum Gasteiger partial charge on any atom is 0.481 e. The van der Waals surface area contributed by atoms with E-state index in [0.717, 1.165) is 40.1 Å². The zero-order valence-corrected chi connectivity index (χ0v) is 37.7. The molecule has 5 rings (SSSR count). The van der Waals surface area contributed by atoms with Gasteiger partial charge < -0.3 is 65.0 Å². The van der Waals surface area contributed by atoms with Gasteiger partial charge in [-0.3, -0.25) is 28.0 Å². The van der Waals surface area contributed by atoms with Crippen molar-refractivity contribution in [3.63, 3.8) is 0 Å². The smallest absolute Gasteiger partial charge is 0.481 e. The Kier molecular flexibility index (Phi) is 17.6. The number of imidazole rings is 1. The predicted octanol–water partition coefficient (Wildman–Crippen LogP) is 0.461. The number of nitrogens with two attached hydrogens (primary N) is 1. The SMILES string of the molecule is CC(C)(COP(=O)(O)OP(=O)(O)OCC1OC(n2cnc3c(N)ncnc32)C(O)C1OP(=O)([O-])[O-])[C@H](O)C(=O)NCCC(=O)NCCS/C=C/C(=O)CCCc1c[nH]c2ccccc12. The monoisotopic (exact) mass is 976 g/mol. The molecule has 2 amide bonds. The first-order chi connectivity index (χ1) is 30.1. The fourth-order valence-corrected chi connectivity index (χ4v) is 9.66. The number of carbonyl (C=O) groups excluding carboxylic acids is 3. The van der Waals surface area contributed by atoms with Crippen molar-refractivity contribution in [2.24, 2.45) is 5.41 Å². The number of nitrogen functional groups attached to an aromatic ring is 1. The van der Waals surface area contributed by atoms with Gasteiger partial charge in [-0.2, -0.15) is 4.31 Å². The number of fused-ring (bicyclic) bond motifs is 2. The molecule has 64 heavy (non-hydrogen) atoms. The molecule has 4 aromatic rings. The van der Waals surface area contributed by atoms with Gasteiger partial charge in [-0.1, -0.05) is 32.0 Å². The highest BCUT2D eigenvalue weighted by molar-refractivity contribution is 8.02. The molecule has 0 spiro atoms. The van der Waals surface area contributed by atoms with Crippen LogP contribution in [0.15, 0.2) is 54.6 Å². The standard InChI is InChI=1S/C35H49N8O17P3S/c1-35(2,30(47)33(48)38-12-10-26(45)37-13-15-64-14-11-22(44)7-5-6-21-16-39-24-9-4-3-8-23(21)24)18-57-63(54,55)60-62(52,53)56-17-25-29(59-61(49,50)51)28(46)34(58-25)43-20-42-27-31(36)40-19-41-32(27)43/h3-4,8-9,11,14,16,19-20,25,28-30,34,39,46-47H,5-7,10,12-13,15,17-18H2,1-2H3,(H,37,45)(H,38,48)(H,52,53)(H,54,55)(H2,36,40,41)(H2,49,50,51)/p-2/b14-11+/t25?,28?,29?,30-,34?/m1/s1. The lowest BCUT2D eigenvalue weighted by atomic mass is 9.87. The molecule has 0 aliphatic carbocycles. The van der Waals surface area contributed by atoms with E-state index in [9.17, 15) is 57.9 Å². The van der Waals surface area contributed by atoms with E-state index in [1.54, 1.807) is 5.41 Å². The fourth-order valence-electron chi connectivity index (χ4n) is 6.25. The number of nitrogens with one attached hydrogen (secondary N) is 3. The Balaban J connectivity index is 0.986. The van der Waals surface area contributed by atoms with Crippen LogP contribution >= 0.6 is 35.2 Å². The Labute approximate surface area is 369 Å². The summed E-state index contributed by atoms with van der Waals surface area (Å²) in [4.78, 5) is 95.4. The van der Waals surface area contributed by atoms with Gasteiger partial charge in [0.15, 0.2) is 23.5 Å². The van der Waals surface area contributed by atoms with E-state index in [-0.39, 0.29) is 42.3 Å². The minimum Gasteiger partial charge on any atom is -0.790 e. The number of amides is 2. The van der Waals surface area contributed by atoms with Gasteiger partial charge in [-0.05, 0) is 36.0 Å². The molecule has 29 heteroatoms. The quantitative estimate of drug-likeness (QED) is 0.0254. The van der Waals surface area contributed by atoms with Gasteiger partial charge in [0, 0.05) is 54.2 Å². The second kappa shape index (κ2) is 22.0. The molecule has 352 valence electrons. The highest BCUT2D eigenvalue weighted by Crippen LogP contribution is 2.61. The molecule has 7 atom stereocenters. The van der Waals surface area contributed by atoms with Crippen molar-refractivity contribution in [1.29, 1.82) is 0 Å². The molecule has 25 nitrogen and oxygen atoms in total. The number of phosphoric acid groups is 3. The second-order valence-corrected chi connectivity index (χ2v) is 20.0. The van der Waals surface area contributed by atoms with Crippen LogP contribution in [-0.2, 0) is 57.1 Å². The van der Waals surface area contributed by atoms with Gasteiger partial charge in [0.2, 0.25) is 11.8 Å². The first-order valence-corrected chi connectivity index (χ1v) is 24.8. The number of allylic oxidation sites excluding steroid dienone is 1. The molecule has 0 saturated carbocycles. The number of aromatic nitrogens is 5. The van der Waals surface area contributed by atoms with Gasteiger partial charge in [0.05, 0.1) is 27.4 Å². The summed E-state index contributed by atoms with van der Waals surface area (Å²) < 4.78 is 61.7. The summed E-state index contributed by atoms with van der Waals surface area (Å²) >= 11 is 1.34. The molecule has 9 N–H and O–H groups in total. The number of aliphatic hydroxyl groups is 2. The number of hydrogen-bond acceptors (Lipinski definition) is 20. The van der Waals surface area contributed by atoms with Crippen LogP contribution < -0.4 is 26.2 Å². The van der Waals surface area contributed by atoms with Crippen LogP contribution in [0.25, 0.3) is 22.1 Å². The summed E-state index contributed by atoms with van der Waals surface area (Å²) in [5, 5.41) is 29.3. The third kappa shape index (κ3) is 14.5. The summed E-state index contributed by atoms with van der Waals surface area (Å²) in [5.41, 5.74) is 6.40. The van der Waals surface area contributed by atoms with Crippen LogP contribution in [0.4, 0.5) is 5.82 Å². The lowest BCUT2D eigenvalue weighted by molar-refractivity contribution is -0.347. The van der Waals surface area contributed by atoms with Crippen LogP contribution in [0.1, 0.15) is 44.9 Å². The van der Waals surface area contributed by atoms with E-state index in [1.165, 1.54) is 31.7 Å². The number of para-hydroxylation sites is 1. The third-order valence-electron chi connectivity index (χ3n) is 9.51. The van der Waals surface area contributed by atoms with Crippen molar-refractivity contribution in [1.82, 2.24) is 35.1 Å². The summed E-state index contributed by atoms with van der Waals surface area (Å²) in [7, 11) is -17.0. The number of nitrogens with zero attached hydrogens (tertiary/aromatic N) is 4. The van der Waals surface area contributed by atoms with E-state index < -0.39 is 84.6 Å². The number of rotatable bonds is 25. The molecule has 1 aliphatic heterocycles. The largest absolute Gasteiger partial charge is 0.790 e. The third-order valence-corrected chi connectivity index (χ3v) is 13.4. The highest BCUT2D eigenvalue weighted by atomic mass is 32.2. The number of anilines is 1. The highest BCUT2D eigenvalue weighted by Gasteiger charge is 2.48. The van der Waals surface area contributed by atoms with Crippen molar-refractivity contribution in [3.8, 4) is 0 Å². The maximum absolute atomic E-state index is 12.7. The minimum atomic E-state index is -5.83. The normalized spacial score (nSPS) is 20.6. The van der Waals surface area contributed by atoms with E-state index in [1.807, 2.05) is 30.5 Å². The van der Waals surface area contributed by atoms with Crippen molar-refractivity contribution in [2.45, 2.75) is 70.2 Å². The van der Waals surface area contributed by atoms with E-state index >= 15 is 0 Å². The molecule has 4 heterocycles. The van der Waals surface area contributed by atoms with Gasteiger partial charge >= 0.3 is 15.6 Å². The number of ketones is 1. The van der Waals surface area contributed by atoms with Gasteiger partial charge in [0.25, 0.3) is 0 Å². The summed E-state index contributed by atoms with van der Waals surface area (Å²) in [6.07, 6.45) is -1.99. The van der Waals surface area contributed by atoms with Crippen LogP contribution in [0, 0.1) is 5.41 Å². The van der Waals surface area contributed by atoms with Crippen LogP contribution in [-0.4, -0.2) is 119 Å². The van der Waals surface area contributed by atoms with Crippen molar-refractivity contribution in [2.75, 3.05) is 37.8 Å². The number of hydrogen-bond donors (Lipinski definition) is 8. The molecule has 0 radical (unpaired) electrons. The van der Waals surface area contributed by atoms with Crippen molar-refractivity contribution >= 4 is 80.7 Å². The number of aryl methyl sites for hydroxylation is 1. The van der Waals surface area contributed by atoms with Gasteiger partial charge in [-0.25, -0.2) is 24.1 Å². The molecule has 0 bridgehead atoms. The number of H-pyrrole nitrogens is 1. The number of aromatic amines is 1. The molecular formula is C35H47N8O17P3S-2. The average molecular weight is 977 g/mol. The molecule has 6 unspecified atom stereocenters. The fraction of sp³-hybridized carbons (Fsp3) is 0.486. The van der Waals surface area contributed by atoms with Crippen LogP contribution in [0.5, 0.6) is 0 Å². The van der Waals surface area contributed by atoms with E-state index in [4.69, 9.17) is 19.5 Å². The van der Waals surface area contributed by atoms with Crippen molar-refractivity contribution < 1.29 is 80.5 Å². The molecular weight excluding hydrogens is 929 g/mol. The summed E-state index contributed by atoms with van der Waals surface area (Å²) in [6.45, 7) is 0.487. The average Bonchev–Trinajstić information content (AvgIpc) is 3.92. The van der Waals surface area contributed by atoms with Gasteiger partial charge in [0.1, 0.15) is 36.3 Å². The molecule has 1 saturated heterocycles. The predicted molar refractivity (Wildman–Crippen MR) is 223 cm³/mol. The van der Waals surface area contributed by atoms with Crippen LogP contribution in [0.3, 0.4) is 0 Å². The van der Waals surface area contributed by atoms with E-state index in [2.05, 4.69) is 39.4 Å². The van der Waals surface area contributed by atoms with Crippen molar-refractivity contribution in [3.05, 3.63) is 60.2 Å². The Bertz CT molecular complexity index is 2450. The Hall–Kier alpha value is -3.94. The lowest BCUT2D eigenvalue weighted by Crippen LogP contribution is -2.46. The Morgan fingerprint density at radius 2 is 1.81 bits per heavy atom. The zero-order valence-electron chi connectivity index (χ0n) is 34.2. The first-order valence-electron chi connectivity index (χ1n) is 19.3. The molecule has 1 aliphatic rings. The van der Waals surface area contributed by atoms with Gasteiger partial charge in [-0.15, -0.1) is 11.8 Å². The lowest BCUT2D eigenvalue weighted by Gasteiger charge is -2.34. The summed E-state index contributed by atoms with van der Waals surface area (Å²) in [5.74, 6) is -0.988. The number of aliphatic hydroxyl groups excluding tert-OH is 2. The molecule has 1 aromatic carbocycles. The van der Waals surface area contributed by atoms with E-state index in [0.29, 0.717) is 18.6 Å². The molecule has 3 aromatic heterocycles. The number of ether oxygens (including phenoxy) is 1. The van der Waals surface area contributed by atoms with Crippen LogP contribution in [0.2, 0.25) is 0 Å². The topological polar surface area (TPSA) is 385 Å². The Morgan fingerprint density at radius 3 is 2.56 bits per heavy atom. The minimum absolute atomic E-state index is 0.00138. The zero-order chi connectivity index (χ0) is 46.9. The number of benzene rings is 1. The number of carbonyl (C=O) groups is 3. The maximum atomic E-state index is 12.7. The first kappa shape index (κ1) is 51.1. The number of thioether (sulfide) groups is 1. The second-order valence-electron chi connectivity index (χ2n) is 14.9. The summed E-state index contributed by atoms with van der Waals surface area (Å²) in [6, 6.07) is 7.96.